The minimum absolute atomic E-state index is 0.0526. The molecule has 3 amide bonds. The largest absolute Gasteiger partial charge is 0.481 e. The highest BCUT2D eigenvalue weighted by Gasteiger charge is 2.32. The van der Waals surface area contributed by atoms with Crippen molar-refractivity contribution in [2.45, 2.75) is 76.5 Å². The monoisotopic (exact) mass is 563 g/mol. The summed E-state index contributed by atoms with van der Waals surface area (Å²) in [6.45, 7) is 3.68. The molecule has 1 aromatic carbocycles. The molecule has 0 aliphatic carbocycles. The molecule has 0 bridgehead atoms. The van der Waals surface area contributed by atoms with Crippen LogP contribution in [0.4, 0.5) is 0 Å². The highest BCUT2D eigenvalue weighted by atomic mass is 16.4. The summed E-state index contributed by atoms with van der Waals surface area (Å²) < 4.78 is 0. The number of carbonyl (C=O) groups is 5. The topological polar surface area (TPSA) is 252 Å². The second kappa shape index (κ2) is 17.4. The number of carbonyl (C=O) groups excluding carboxylic acids is 3. The Morgan fingerprint density at radius 3 is 2.05 bits per heavy atom. The number of carboxylic acids is 2. The molecule has 14 nitrogen and oxygen atoms in total. The number of hydrogen-bond donors (Lipinski definition) is 8. The van der Waals surface area contributed by atoms with Gasteiger partial charge in [0, 0.05) is 19.4 Å². The van der Waals surface area contributed by atoms with Gasteiger partial charge in [0.25, 0.3) is 0 Å². The zero-order valence-electron chi connectivity index (χ0n) is 22.8. The number of aliphatic imine (C=N–C) groups is 1. The molecular weight excluding hydrogens is 522 g/mol. The molecule has 222 valence electrons. The third kappa shape index (κ3) is 12.6. The molecule has 5 unspecified atom stereocenters. The zero-order chi connectivity index (χ0) is 30.2. The van der Waals surface area contributed by atoms with Crippen LogP contribution in [0, 0.1) is 5.92 Å². The van der Waals surface area contributed by atoms with Crippen LogP contribution in [0.5, 0.6) is 0 Å². The van der Waals surface area contributed by atoms with E-state index in [4.69, 9.17) is 22.3 Å². The number of nitrogens with zero attached hydrogens (tertiary/aromatic N) is 1. The van der Waals surface area contributed by atoms with Crippen molar-refractivity contribution in [3.8, 4) is 0 Å². The van der Waals surface area contributed by atoms with E-state index in [-0.39, 0.29) is 31.8 Å². The van der Waals surface area contributed by atoms with E-state index in [0.717, 1.165) is 0 Å². The number of nitrogens with one attached hydrogen (secondary N) is 3. The standard InChI is InChI=1S/C26H41N7O7/c1-3-15(2)21(25(39)40)33-23(37)18(11-12-20(34)35)31-24(38)19(14-16-8-5-4-6-9-16)32-22(36)17(27)10-7-13-30-26(28)29/h4-6,8-9,15,17-19,21H,3,7,10-14,27H2,1-2H3,(H,31,38)(H,32,36)(H,33,37)(H,34,35)(H,39,40)(H4,28,29,30). The van der Waals surface area contributed by atoms with Crippen LogP contribution in [0.15, 0.2) is 35.3 Å². The quantitative estimate of drug-likeness (QED) is 0.0618. The highest BCUT2D eigenvalue weighted by Crippen LogP contribution is 2.10. The van der Waals surface area contributed by atoms with Gasteiger partial charge in [0.1, 0.15) is 18.1 Å². The Labute approximate surface area is 233 Å². The van der Waals surface area contributed by atoms with E-state index < -0.39 is 66.2 Å². The molecule has 5 atom stereocenters. The summed E-state index contributed by atoms with van der Waals surface area (Å²) in [7, 11) is 0. The van der Waals surface area contributed by atoms with Gasteiger partial charge in [0.05, 0.1) is 6.04 Å². The predicted octanol–water partition coefficient (Wildman–Crippen LogP) is -0.940. The first-order valence-electron chi connectivity index (χ1n) is 13.1. The van der Waals surface area contributed by atoms with Gasteiger partial charge in [-0.1, -0.05) is 50.6 Å². The van der Waals surface area contributed by atoms with Crippen molar-refractivity contribution in [1.82, 2.24) is 16.0 Å². The van der Waals surface area contributed by atoms with Crippen LogP contribution in [-0.4, -0.2) is 76.5 Å². The van der Waals surface area contributed by atoms with Crippen molar-refractivity contribution in [2.24, 2.45) is 28.1 Å². The van der Waals surface area contributed by atoms with Crippen LogP contribution in [0.3, 0.4) is 0 Å². The molecule has 0 aliphatic heterocycles. The Bertz CT molecular complexity index is 1030. The highest BCUT2D eigenvalue weighted by molar-refractivity contribution is 5.94. The van der Waals surface area contributed by atoms with Crippen LogP contribution in [0.25, 0.3) is 0 Å². The average molecular weight is 564 g/mol. The fourth-order valence-electron chi connectivity index (χ4n) is 3.73. The van der Waals surface area contributed by atoms with Crippen molar-refractivity contribution in [2.75, 3.05) is 6.54 Å². The van der Waals surface area contributed by atoms with E-state index in [2.05, 4.69) is 20.9 Å². The number of carboxylic acid groups (broad SMARTS) is 2. The second-order valence-corrected chi connectivity index (χ2v) is 9.51. The number of amides is 3. The van der Waals surface area contributed by atoms with E-state index in [1.807, 2.05) is 0 Å². The van der Waals surface area contributed by atoms with Crippen LogP contribution in [0.2, 0.25) is 0 Å². The molecule has 40 heavy (non-hydrogen) atoms. The first-order chi connectivity index (χ1) is 18.8. The summed E-state index contributed by atoms with van der Waals surface area (Å²) in [5.41, 5.74) is 17.3. The Kier molecular flexibility index (Phi) is 14.7. The van der Waals surface area contributed by atoms with Gasteiger partial charge < -0.3 is 43.4 Å². The molecule has 11 N–H and O–H groups in total. The number of rotatable bonds is 18. The van der Waals surface area contributed by atoms with Gasteiger partial charge in [-0.25, -0.2) is 4.79 Å². The van der Waals surface area contributed by atoms with Gasteiger partial charge in [0.2, 0.25) is 17.7 Å². The maximum absolute atomic E-state index is 13.4. The Morgan fingerprint density at radius 1 is 0.900 bits per heavy atom. The van der Waals surface area contributed by atoms with E-state index >= 15 is 0 Å². The molecule has 0 heterocycles. The molecule has 1 aromatic rings. The first kappa shape index (κ1) is 33.8. The fourth-order valence-corrected chi connectivity index (χ4v) is 3.73. The Balaban J connectivity index is 3.10. The molecule has 0 radical (unpaired) electrons. The van der Waals surface area contributed by atoms with E-state index in [1.165, 1.54) is 0 Å². The normalized spacial score (nSPS) is 14.5. The molecular formula is C26H41N7O7. The first-order valence-corrected chi connectivity index (χ1v) is 13.1. The smallest absolute Gasteiger partial charge is 0.326 e. The van der Waals surface area contributed by atoms with Gasteiger partial charge >= 0.3 is 11.9 Å². The number of benzene rings is 1. The van der Waals surface area contributed by atoms with E-state index in [1.54, 1.807) is 44.2 Å². The minimum Gasteiger partial charge on any atom is -0.481 e. The van der Waals surface area contributed by atoms with Crippen molar-refractivity contribution >= 4 is 35.6 Å². The molecule has 1 rings (SSSR count). The maximum atomic E-state index is 13.4. The third-order valence-electron chi connectivity index (χ3n) is 6.28. The van der Waals surface area contributed by atoms with Crippen LogP contribution < -0.4 is 33.2 Å². The summed E-state index contributed by atoms with van der Waals surface area (Å²) in [5, 5.41) is 26.2. The predicted molar refractivity (Wildman–Crippen MR) is 148 cm³/mol. The van der Waals surface area contributed by atoms with Crippen LogP contribution >= 0.6 is 0 Å². The Hall–Kier alpha value is -4.20. The summed E-state index contributed by atoms with van der Waals surface area (Å²) in [5.74, 6) is -5.18. The lowest BCUT2D eigenvalue weighted by Gasteiger charge is -2.26. The number of aliphatic carboxylic acids is 2. The summed E-state index contributed by atoms with van der Waals surface area (Å²) >= 11 is 0. The van der Waals surface area contributed by atoms with Crippen molar-refractivity contribution in [3.63, 3.8) is 0 Å². The van der Waals surface area contributed by atoms with Gasteiger partial charge in [-0.2, -0.15) is 0 Å². The lowest BCUT2D eigenvalue weighted by Crippen LogP contribution is -2.58. The van der Waals surface area contributed by atoms with E-state index in [9.17, 15) is 29.1 Å². The molecule has 0 aromatic heterocycles. The summed E-state index contributed by atoms with van der Waals surface area (Å²) in [6, 6.07) is 4.06. The number of hydrogen-bond acceptors (Lipinski definition) is 7. The van der Waals surface area contributed by atoms with Crippen LogP contribution in [0.1, 0.15) is 51.5 Å². The maximum Gasteiger partial charge on any atom is 0.326 e. The third-order valence-corrected chi connectivity index (χ3v) is 6.28. The van der Waals surface area contributed by atoms with E-state index in [0.29, 0.717) is 18.4 Å². The second-order valence-electron chi connectivity index (χ2n) is 9.51. The van der Waals surface area contributed by atoms with Gasteiger partial charge in [0.15, 0.2) is 5.96 Å². The average Bonchev–Trinajstić information content (AvgIpc) is 2.90. The van der Waals surface area contributed by atoms with Crippen LogP contribution in [-0.2, 0) is 30.4 Å². The lowest BCUT2D eigenvalue weighted by molar-refractivity contribution is -0.144. The fraction of sp³-hybridized carbons (Fsp3) is 0.538. The SMILES string of the molecule is CCC(C)C(NC(=O)C(CCC(=O)O)NC(=O)C(Cc1ccccc1)NC(=O)C(N)CCCN=C(N)N)C(=O)O. The van der Waals surface area contributed by atoms with Crippen molar-refractivity contribution < 1.29 is 34.2 Å². The van der Waals surface area contributed by atoms with Gasteiger partial charge in [-0.3, -0.25) is 24.2 Å². The van der Waals surface area contributed by atoms with Crippen molar-refractivity contribution in [1.29, 1.82) is 0 Å². The molecule has 0 saturated carbocycles. The summed E-state index contributed by atoms with van der Waals surface area (Å²) in [4.78, 5) is 65.9. The van der Waals surface area contributed by atoms with Crippen molar-refractivity contribution in [3.05, 3.63) is 35.9 Å². The minimum atomic E-state index is -1.36. The lowest BCUT2D eigenvalue weighted by atomic mass is 9.98. The van der Waals surface area contributed by atoms with Gasteiger partial charge in [-0.05, 0) is 30.7 Å². The molecule has 0 aliphatic rings. The molecule has 0 spiro atoms. The number of nitrogens with two attached hydrogens (primary N) is 3. The van der Waals surface area contributed by atoms with Gasteiger partial charge in [-0.15, -0.1) is 0 Å². The Morgan fingerprint density at radius 2 is 1.50 bits per heavy atom. The molecule has 0 saturated heterocycles. The number of guanidine groups is 1. The summed E-state index contributed by atoms with van der Waals surface area (Å²) in [6.07, 6.45) is 0.405. The molecule has 14 heteroatoms. The molecule has 0 fully saturated rings. The zero-order valence-corrected chi connectivity index (χ0v) is 22.8.